The van der Waals surface area contributed by atoms with Crippen LogP contribution in [0.5, 0.6) is 0 Å². The number of aromatic amines is 1. The highest BCUT2D eigenvalue weighted by atomic mass is 79.9. The predicted octanol–water partition coefficient (Wildman–Crippen LogP) is 6.90. The summed E-state index contributed by atoms with van der Waals surface area (Å²) in [4.78, 5) is 3.64. The summed E-state index contributed by atoms with van der Waals surface area (Å²) >= 11 is 3.79. The molecule has 0 spiro atoms. The van der Waals surface area contributed by atoms with Gasteiger partial charge in [0.25, 0.3) is 0 Å². The number of rotatable bonds is 1. The molecule has 0 aliphatic heterocycles. The summed E-state index contributed by atoms with van der Waals surface area (Å²) < 4.78 is 1.13. The van der Waals surface area contributed by atoms with Gasteiger partial charge < -0.3 is 4.98 Å². The van der Waals surface area contributed by atoms with Crippen molar-refractivity contribution in [3.63, 3.8) is 0 Å². The predicted molar refractivity (Wildman–Crippen MR) is 106 cm³/mol. The van der Waals surface area contributed by atoms with Gasteiger partial charge in [0.2, 0.25) is 0 Å². The molecule has 114 valence electrons. The molecule has 0 amide bonds. The summed E-state index contributed by atoms with van der Waals surface area (Å²) in [6.07, 6.45) is 0. The molecule has 0 saturated heterocycles. The lowest BCUT2D eigenvalue weighted by atomic mass is 10.0. The number of hydrogen-bond acceptors (Lipinski definition) is 0. The molecule has 1 nitrogen and oxygen atoms in total. The first kappa shape index (κ1) is 13.8. The molecule has 0 radical (unpaired) electrons. The average Bonchev–Trinajstić information content (AvgIpc) is 3.02. The van der Waals surface area contributed by atoms with E-state index in [-0.39, 0.29) is 0 Å². The van der Waals surface area contributed by atoms with Crippen molar-refractivity contribution in [1.82, 2.24) is 4.98 Å². The molecule has 1 aromatic heterocycles. The standard InChI is InChI=1S/C22H14BrN/c23-19-12-16(14-6-2-1-3-7-14)13-20-21(19)18-11-10-15-8-4-5-9-17(15)22(18)24-20/h1-13,24H. The molecule has 0 atom stereocenters. The van der Waals surface area contributed by atoms with E-state index in [1.54, 1.807) is 0 Å². The Bertz CT molecular complexity index is 1200. The van der Waals surface area contributed by atoms with Crippen LogP contribution in [0.15, 0.2) is 83.3 Å². The monoisotopic (exact) mass is 371 g/mol. The zero-order valence-corrected chi connectivity index (χ0v) is 14.5. The molecule has 0 saturated carbocycles. The fourth-order valence-electron chi connectivity index (χ4n) is 3.53. The number of hydrogen-bond donors (Lipinski definition) is 1. The molecular formula is C22H14BrN. The summed E-state index contributed by atoms with van der Waals surface area (Å²) in [6.45, 7) is 0. The Hall–Kier alpha value is -2.58. The number of fused-ring (bicyclic) bond motifs is 5. The normalized spacial score (nSPS) is 11.5. The van der Waals surface area contributed by atoms with Gasteiger partial charge in [-0.2, -0.15) is 0 Å². The average molecular weight is 372 g/mol. The highest BCUT2D eigenvalue weighted by Gasteiger charge is 2.12. The van der Waals surface area contributed by atoms with Gasteiger partial charge in [-0.05, 0) is 28.6 Å². The highest BCUT2D eigenvalue weighted by molar-refractivity contribution is 9.10. The van der Waals surface area contributed by atoms with Crippen molar-refractivity contribution in [1.29, 1.82) is 0 Å². The van der Waals surface area contributed by atoms with Crippen molar-refractivity contribution in [2.45, 2.75) is 0 Å². The van der Waals surface area contributed by atoms with Gasteiger partial charge in [-0.25, -0.2) is 0 Å². The third-order valence-corrected chi connectivity index (χ3v) is 5.28. The fraction of sp³-hybridized carbons (Fsp3) is 0. The van der Waals surface area contributed by atoms with E-state index >= 15 is 0 Å². The van der Waals surface area contributed by atoms with Crippen LogP contribution in [-0.2, 0) is 0 Å². The highest BCUT2D eigenvalue weighted by Crippen LogP contribution is 2.38. The minimum Gasteiger partial charge on any atom is -0.354 e. The topological polar surface area (TPSA) is 15.8 Å². The van der Waals surface area contributed by atoms with Gasteiger partial charge >= 0.3 is 0 Å². The van der Waals surface area contributed by atoms with Gasteiger partial charge in [0, 0.05) is 26.1 Å². The first-order valence-electron chi connectivity index (χ1n) is 7.99. The molecule has 0 fully saturated rings. The molecule has 2 heteroatoms. The molecule has 5 aromatic rings. The number of benzene rings is 4. The lowest BCUT2D eigenvalue weighted by Gasteiger charge is -2.04. The van der Waals surface area contributed by atoms with Crippen LogP contribution in [0, 0.1) is 0 Å². The zero-order valence-electron chi connectivity index (χ0n) is 12.9. The van der Waals surface area contributed by atoms with Gasteiger partial charge in [-0.1, -0.05) is 82.7 Å². The van der Waals surface area contributed by atoms with Crippen molar-refractivity contribution in [3.05, 3.63) is 83.3 Å². The summed E-state index contributed by atoms with van der Waals surface area (Å²) in [5.41, 5.74) is 4.80. The van der Waals surface area contributed by atoms with Crippen molar-refractivity contribution in [3.8, 4) is 11.1 Å². The van der Waals surface area contributed by atoms with Crippen LogP contribution in [0.1, 0.15) is 0 Å². The van der Waals surface area contributed by atoms with Crippen molar-refractivity contribution >= 4 is 48.5 Å². The van der Waals surface area contributed by atoms with Crippen LogP contribution in [0.25, 0.3) is 43.7 Å². The first-order chi connectivity index (χ1) is 11.8. The van der Waals surface area contributed by atoms with Crippen LogP contribution in [0.3, 0.4) is 0 Å². The molecule has 4 aromatic carbocycles. The number of aromatic nitrogens is 1. The molecule has 0 bridgehead atoms. The number of nitrogens with one attached hydrogen (secondary N) is 1. The van der Waals surface area contributed by atoms with Crippen molar-refractivity contribution in [2.24, 2.45) is 0 Å². The van der Waals surface area contributed by atoms with Crippen LogP contribution in [-0.4, -0.2) is 4.98 Å². The second-order valence-electron chi connectivity index (χ2n) is 6.08. The molecule has 5 rings (SSSR count). The molecule has 1 heterocycles. The number of H-pyrrole nitrogens is 1. The summed E-state index contributed by atoms with van der Waals surface area (Å²) in [7, 11) is 0. The van der Waals surface area contributed by atoms with E-state index in [9.17, 15) is 0 Å². The zero-order chi connectivity index (χ0) is 16.1. The van der Waals surface area contributed by atoms with Crippen molar-refractivity contribution < 1.29 is 0 Å². The Kier molecular flexibility index (Phi) is 3.00. The maximum atomic E-state index is 3.79. The van der Waals surface area contributed by atoms with Gasteiger partial charge in [-0.15, -0.1) is 0 Å². The van der Waals surface area contributed by atoms with Gasteiger partial charge in [-0.3, -0.25) is 0 Å². The lowest BCUT2D eigenvalue weighted by Crippen LogP contribution is -1.79. The number of halogens is 1. The Balaban J connectivity index is 1.88. The van der Waals surface area contributed by atoms with Crippen molar-refractivity contribution in [2.75, 3.05) is 0 Å². The summed E-state index contributed by atoms with van der Waals surface area (Å²) in [5.74, 6) is 0. The van der Waals surface area contributed by atoms with Gasteiger partial charge in [0.05, 0.1) is 5.52 Å². The van der Waals surface area contributed by atoms with Crippen LogP contribution in [0.2, 0.25) is 0 Å². The quantitative estimate of drug-likeness (QED) is 0.329. The van der Waals surface area contributed by atoms with E-state index < -0.39 is 0 Å². The Morgan fingerprint density at radius 1 is 0.667 bits per heavy atom. The Morgan fingerprint density at radius 3 is 2.33 bits per heavy atom. The van der Waals surface area contributed by atoms with Gasteiger partial charge in [0.1, 0.15) is 0 Å². The third kappa shape index (κ3) is 2.00. The minimum atomic E-state index is 1.13. The molecular weight excluding hydrogens is 358 g/mol. The largest absolute Gasteiger partial charge is 0.354 e. The van der Waals surface area contributed by atoms with Gasteiger partial charge in [0.15, 0.2) is 0 Å². The summed E-state index contributed by atoms with van der Waals surface area (Å²) in [5, 5.41) is 5.03. The molecule has 0 unspecified atom stereocenters. The van der Waals surface area contributed by atoms with Crippen LogP contribution in [0.4, 0.5) is 0 Å². The maximum Gasteiger partial charge on any atom is 0.0544 e. The molecule has 0 aliphatic rings. The maximum absolute atomic E-state index is 3.79. The van der Waals surface area contributed by atoms with E-state index in [0.717, 1.165) is 9.99 Å². The summed E-state index contributed by atoms with van der Waals surface area (Å²) in [6, 6.07) is 27.9. The Morgan fingerprint density at radius 2 is 1.46 bits per heavy atom. The minimum absolute atomic E-state index is 1.13. The smallest absolute Gasteiger partial charge is 0.0544 e. The molecule has 24 heavy (non-hydrogen) atoms. The Labute approximate surface area is 148 Å². The molecule has 1 N–H and O–H groups in total. The van der Waals surface area contributed by atoms with E-state index in [0.29, 0.717) is 0 Å². The second kappa shape index (κ2) is 5.22. The third-order valence-electron chi connectivity index (χ3n) is 4.66. The van der Waals surface area contributed by atoms with Crippen LogP contribution >= 0.6 is 15.9 Å². The van der Waals surface area contributed by atoms with E-state index in [1.807, 2.05) is 6.07 Å². The fourth-order valence-corrected chi connectivity index (χ4v) is 4.20. The SMILES string of the molecule is Brc1cc(-c2ccccc2)cc2[nH]c3c4ccccc4ccc3c12. The van der Waals surface area contributed by atoms with Crippen LogP contribution < -0.4 is 0 Å². The first-order valence-corrected chi connectivity index (χ1v) is 8.79. The van der Waals surface area contributed by atoms with E-state index in [2.05, 4.69) is 93.7 Å². The van der Waals surface area contributed by atoms with E-state index in [4.69, 9.17) is 0 Å². The second-order valence-corrected chi connectivity index (χ2v) is 6.94. The van der Waals surface area contributed by atoms with E-state index in [1.165, 1.54) is 38.2 Å². The molecule has 0 aliphatic carbocycles. The lowest BCUT2D eigenvalue weighted by molar-refractivity contribution is 1.55.